The van der Waals surface area contributed by atoms with Crippen LogP contribution >= 0.6 is 11.8 Å². The molecule has 5 aromatic rings. The first-order valence-electron chi connectivity index (χ1n) is 10.5. The SMILES string of the molecule is C[C@@H](Sc1nnc(-c2cn(S(=O)(=O)c3ccccc3)c3ccccc23)n1C)c1ccccc1. The van der Waals surface area contributed by atoms with Crippen LogP contribution < -0.4 is 0 Å². The van der Waals surface area contributed by atoms with E-state index in [0.717, 1.165) is 16.1 Å². The Morgan fingerprint density at radius 2 is 1.48 bits per heavy atom. The van der Waals surface area contributed by atoms with Crippen LogP contribution in [0.15, 0.2) is 101 Å². The third-order valence-electron chi connectivity index (χ3n) is 5.61. The van der Waals surface area contributed by atoms with Crippen LogP contribution in [0.1, 0.15) is 17.7 Å². The van der Waals surface area contributed by atoms with E-state index in [1.165, 1.54) is 9.54 Å². The summed E-state index contributed by atoms with van der Waals surface area (Å²) < 4.78 is 30.1. The summed E-state index contributed by atoms with van der Waals surface area (Å²) in [4.78, 5) is 0.239. The van der Waals surface area contributed by atoms with Crippen molar-refractivity contribution in [1.82, 2.24) is 18.7 Å². The predicted octanol–water partition coefficient (Wildman–Crippen LogP) is 5.53. The van der Waals surface area contributed by atoms with E-state index in [9.17, 15) is 8.42 Å². The number of hydrogen-bond donors (Lipinski definition) is 0. The number of thioether (sulfide) groups is 1. The molecule has 0 saturated heterocycles. The van der Waals surface area contributed by atoms with Crippen LogP contribution in [0.4, 0.5) is 0 Å². The summed E-state index contributed by atoms with van der Waals surface area (Å²) in [5.41, 5.74) is 2.53. The van der Waals surface area contributed by atoms with Crippen molar-refractivity contribution in [3.63, 3.8) is 0 Å². The number of nitrogens with zero attached hydrogens (tertiary/aromatic N) is 4. The van der Waals surface area contributed by atoms with Gasteiger partial charge in [0.25, 0.3) is 10.0 Å². The lowest BCUT2D eigenvalue weighted by molar-refractivity contribution is 0.589. The standard InChI is InChI=1S/C25H22N4O2S2/c1-18(19-11-5-3-6-12-19)32-25-27-26-24(28(25)2)22-17-29(23-16-10-9-15-21(22)23)33(30,31)20-13-7-4-8-14-20/h3-18H,1-2H3/t18-/m1/s1. The van der Waals surface area contributed by atoms with Crippen molar-refractivity contribution >= 4 is 32.7 Å². The van der Waals surface area contributed by atoms with Crippen LogP contribution in [0, 0.1) is 0 Å². The summed E-state index contributed by atoms with van der Waals surface area (Å²) >= 11 is 1.62. The van der Waals surface area contributed by atoms with Crippen LogP contribution in [-0.4, -0.2) is 27.2 Å². The van der Waals surface area contributed by atoms with Crippen molar-refractivity contribution in [2.45, 2.75) is 22.2 Å². The highest BCUT2D eigenvalue weighted by molar-refractivity contribution is 7.99. The van der Waals surface area contributed by atoms with Crippen molar-refractivity contribution in [3.8, 4) is 11.4 Å². The molecule has 33 heavy (non-hydrogen) atoms. The first-order valence-corrected chi connectivity index (χ1v) is 12.8. The minimum Gasteiger partial charge on any atom is -0.305 e. The minimum atomic E-state index is -3.76. The highest BCUT2D eigenvalue weighted by Crippen LogP contribution is 2.37. The fourth-order valence-electron chi connectivity index (χ4n) is 3.84. The monoisotopic (exact) mass is 474 g/mol. The Balaban J connectivity index is 1.58. The van der Waals surface area contributed by atoms with Gasteiger partial charge in [-0.2, -0.15) is 0 Å². The summed E-state index contributed by atoms with van der Waals surface area (Å²) in [6.45, 7) is 2.13. The van der Waals surface area contributed by atoms with Crippen molar-refractivity contribution in [2.24, 2.45) is 7.05 Å². The van der Waals surface area contributed by atoms with E-state index in [4.69, 9.17) is 0 Å². The summed E-state index contributed by atoms with van der Waals surface area (Å²) in [7, 11) is -1.85. The normalized spacial score (nSPS) is 12.8. The van der Waals surface area contributed by atoms with E-state index < -0.39 is 10.0 Å². The maximum Gasteiger partial charge on any atom is 0.268 e. The van der Waals surface area contributed by atoms with E-state index in [-0.39, 0.29) is 10.1 Å². The lowest BCUT2D eigenvalue weighted by Gasteiger charge is -2.10. The van der Waals surface area contributed by atoms with Crippen molar-refractivity contribution in [3.05, 3.63) is 96.7 Å². The van der Waals surface area contributed by atoms with E-state index >= 15 is 0 Å². The minimum absolute atomic E-state index is 0.196. The molecular formula is C25H22N4O2S2. The van der Waals surface area contributed by atoms with Gasteiger partial charge in [-0.3, -0.25) is 0 Å². The molecule has 0 saturated carbocycles. The lowest BCUT2D eigenvalue weighted by Crippen LogP contribution is -2.11. The third-order valence-corrected chi connectivity index (χ3v) is 8.48. The molecule has 8 heteroatoms. The fraction of sp³-hybridized carbons (Fsp3) is 0.120. The van der Waals surface area contributed by atoms with Crippen molar-refractivity contribution in [1.29, 1.82) is 0 Å². The maximum atomic E-state index is 13.4. The Labute approximate surface area is 197 Å². The van der Waals surface area contributed by atoms with Crippen LogP contribution in [0.5, 0.6) is 0 Å². The summed E-state index contributed by atoms with van der Waals surface area (Å²) in [6.07, 6.45) is 1.64. The van der Waals surface area contributed by atoms with Gasteiger partial charge in [0.05, 0.1) is 10.4 Å². The second-order valence-corrected chi connectivity index (χ2v) is 10.8. The second-order valence-electron chi connectivity index (χ2n) is 7.71. The highest BCUT2D eigenvalue weighted by Gasteiger charge is 2.24. The van der Waals surface area contributed by atoms with Gasteiger partial charge in [-0.05, 0) is 30.7 Å². The topological polar surface area (TPSA) is 69.8 Å². The van der Waals surface area contributed by atoms with Crippen molar-refractivity contribution < 1.29 is 8.42 Å². The molecule has 3 aromatic carbocycles. The van der Waals surface area contributed by atoms with Gasteiger partial charge in [0.1, 0.15) is 0 Å². The van der Waals surface area contributed by atoms with E-state index in [1.807, 2.05) is 54.1 Å². The van der Waals surface area contributed by atoms with E-state index in [0.29, 0.717) is 11.3 Å². The largest absolute Gasteiger partial charge is 0.305 e. The zero-order valence-electron chi connectivity index (χ0n) is 18.2. The Kier molecular flexibility index (Phi) is 5.55. The Bertz CT molecular complexity index is 1530. The smallest absolute Gasteiger partial charge is 0.268 e. The Hall–Kier alpha value is -3.36. The number of hydrogen-bond acceptors (Lipinski definition) is 5. The van der Waals surface area contributed by atoms with E-state index in [1.54, 1.807) is 48.3 Å². The zero-order chi connectivity index (χ0) is 23.0. The van der Waals surface area contributed by atoms with Gasteiger partial charge in [0.2, 0.25) is 0 Å². The molecule has 0 bridgehead atoms. The van der Waals surface area contributed by atoms with Gasteiger partial charge in [-0.1, -0.05) is 78.5 Å². The average molecular weight is 475 g/mol. The van der Waals surface area contributed by atoms with Crippen LogP contribution in [-0.2, 0) is 17.1 Å². The van der Waals surface area contributed by atoms with Gasteiger partial charge in [0.15, 0.2) is 11.0 Å². The number of benzene rings is 3. The lowest BCUT2D eigenvalue weighted by atomic mass is 10.1. The van der Waals surface area contributed by atoms with Crippen LogP contribution in [0.25, 0.3) is 22.3 Å². The molecule has 0 amide bonds. The van der Waals surface area contributed by atoms with Crippen LogP contribution in [0.3, 0.4) is 0 Å². The first-order chi connectivity index (χ1) is 16.0. The Morgan fingerprint density at radius 3 is 2.21 bits per heavy atom. The van der Waals surface area contributed by atoms with Gasteiger partial charge >= 0.3 is 0 Å². The molecule has 166 valence electrons. The molecule has 0 fully saturated rings. The highest BCUT2D eigenvalue weighted by atomic mass is 32.2. The first kappa shape index (κ1) is 21.5. The molecule has 0 aliphatic carbocycles. The van der Waals surface area contributed by atoms with Gasteiger partial charge < -0.3 is 4.57 Å². The van der Waals surface area contributed by atoms with Gasteiger partial charge in [-0.15, -0.1) is 10.2 Å². The van der Waals surface area contributed by atoms with Gasteiger partial charge in [-0.25, -0.2) is 12.4 Å². The quantitative estimate of drug-likeness (QED) is 0.303. The number of aromatic nitrogens is 4. The van der Waals surface area contributed by atoms with Crippen molar-refractivity contribution in [2.75, 3.05) is 0 Å². The average Bonchev–Trinajstić information content (AvgIpc) is 3.41. The molecule has 2 heterocycles. The fourth-order valence-corrected chi connectivity index (χ4v) is 6.17. The molecule has 2 aromatic heterocycles. The molecule has 0 radical (unpaired) electrons. The molecule has 5 rings (SSSR count). The summed E-state index contributed by atoms with van der Waals surface area (Å²) in [6, 6.07) is 26.1. The molecule has 0 spiro atoms. The van der Waals surface area contributed by atoms with Crippen LogP contribution in [0.2, 0.25) is 0 Å². The number of rotatable bonds is 6. The summed E-state index contributed by atoms with van der Waals surface area (Å²) in [5, 5.41) is 10.6. The predicted molar refractivity (Wildman–Crippen MR) is 132 cm³/mol. The number of fused-ring (bicyclic) bond motifs is 1. The zero-order valence-corrected chi connectivity index (χ0v) is 19.8. The molecule has 0 aliphatic heterocycles. The molecule has 0 unspecified atom stereocenters. The summed E-state index contributed by atoms with van der Waals surface area (Å²) in [5.74, 6) is 0.621. The molecule has 0 aliphatic rings. The van der Waals surface area contributed by atoms with E-state index in [2.05, 4.69) is 29.3 Å². The molecular weight excluding hydrogens is 452 g/mol. The second kappa shape index (κ2) is 8.53. The molecule has 1 atom stereocenters. The molecule has 0 N–H and O–H groups in total. The third kappa shape index (κ3) is 3.85. The van der Waals surface area contributed by atoms with Gasteiger partial charge in [0, 0.05) is 29.4 Å². The number of para-hydroxylation sites is 1. The maximum absolute atomic E-state index is 13.4. The molecule has 6 nitrogen and oxygen atoms in total. The Morgan fingerprint density at radius 1 is 0.848 bits per heavy atom.